The van der Waals surface area contributed by atoms with Crippen LogP contribution in [0.3, 0.4) is 0 Å². The van der Waals surface area contributed by atoms with Gasteiger partial charge in [0.05, 0.1) is 17.7 Å². The van der Waals surface area contributed by atoms with E-state index in [4.69, 9.17) is 21.4 Å². The van der Waals surface area contributed by atoms with Crippen LogP contribution in [0.15, 0.2) is 0 Å². The van der Waals surface area contributed by atoms with Crippen molar-refractivity contribution in [2.75, 3.05) is 45.2 Å². The Hall–Kier alpha value is -1.48. The Morgan fingerprint density at radius 2 is 2.20 bits per heavy atom. The Balaban J connectivity index is 1.85. The van der Waals surface area contributed by atoms with Gasteiger partial charge in [-0.1, -0.05) is 0 Å². The topological polar surface area (TPSA) is 88.3 Å². The Kier molecular flexibility index (Phi) is 6.06. The van der Waals surface area contributed by atoms with Gasteiger partial charge in [0, 0.05) is 26.2 Å². The van der Waals surface area contributed by atoms with Crippen molar-refractivity contribution < 1.29 is 9.84 Å². The van der Waals surface area contributed by atoms with E-state index in [1.807, 2.05) is 23.6 Å². The summed E-state index contributed by atoms with van der Waals surface area (Å²) in [4.78, 5) is 10.8. The first-order valence-electron chi connectivity index (χ1n) is 8.67. The van der Waals surface area contributed by atoms with Gasteiger partial charge in [0.15, 0.2) is 11.9 Å². The van der Waals surface area contributed by atoms with Gasteiger partial charge in [0.2, 0.25) is 5.28 Å². The Bertz CT molecular complexity index is 716. The summed E-state index contributed by atoms with van der Waals surface area (Å²) in [5, 5.41) is 18.0. The van der Waals surface area contributed by atoms with Crippen LogP contribution in [0.2, 0.25) is 5.28 Å². The van der Waals surface area contributed by atoms with Crippen LogP contribution in [0.25, 0.3) is 11.0 Å². The predicted molar refractivity (Wildman–Crippen MR) is 97.0 cm³/mol. The van der Waals surface area contributed by atoms with Gasteiger partial charge >= 0.3 is 0 Å². The van der Waals surface area contributed by atoms with Crippen LogP contribution < -0.4 is 5.32 Å². The molecule has 3 heterocycles. The molecule has 138 valence electrons. The summed E-state index contributed by atoms with van der Waals surface area (Å²) >= 11 is 6.15. The van der Waals surface area contributed by atoms with Gasteiger partial charge in [-0.3, -0.25) is 0 Å². The number of hydrogen-bond acceptors (Lipinski definition) is 7. The van der Waals surface area contributed by atoms with E-state index in [9.17, 15) is 0 Å². The molecule has 2 aromatic heterocycles. The Morgan fingerprint density at radius 3 is 2.92 bits per heavy atom. The van der Waals surface area contributed by atoms with Gasteiger partial charge in [-0.05, 0) is 44.8 Å². The standard InChI is InChI=1S/C16H25ClN6O2/c1-11-13-14(18-6-7-22(2)8-9-24)19-16(17)20-15(13)23(21-11)12-5-3-4-10-25-12/h12,24H,3-10H2,1-2H3,(H,18,19,20). The molecule has 1 fully saturated rings. The largest absolute Gasteiger partial charge is 0.395 e. The number of hydrogen-bond donors (Lipinski definition) is 2. The summed E-state index contributed by atoms with van der Waals surface area (Å²) in [5.74, 6) is 0.687. The van der Waals surface area contributed by atoms with Gasteiger partial charge < -0.3 is 20.1 Å². The van der Waals surface area contributed by atoms with E-state index in [-0.39, 0.29) is 18.1 Å². The summed E-state index contributed by atoms with van der Waals surface area (Å²) < 4.78 is 7.68. The zero-order chi connectivity index (χ0) is 17.8. The smallest absolute Gasteiger partial charge is 0.226 e. The van der Waals surface area contributed by atoms with E-state index in [2.05, 4.69) is 20.4 Å². The molecule has 1 aliphatic heterocycles. The highest BCUT2D eigenvalue weighted by atomic mass is 35.5. The number of anilines is 1. The Labute approximate surface area is 152 Å². The molecule has 1 aliphatic rings. The average Bonchev–Trinajstić information content (AvgIpc) is 2.92. The number of ether oxygens (including phenoxy) is 1. The summed E-state index contributed by atoms with van der Waals surface area (Å²) in [6, 6.07) is 0. The molecule has 0 spiro atoms. The van der Waals surface area contributed by atoms with Crippen molar-refractivity contribution in [1.82, 2.24) is 24.6 Å². The maximum atomic E-state index is 8.97. The molecule has 25 heavy (non-hydrogen) atoms. The van der Waals surface area contributed by atoms with Crippen LogP contribution in [0.4, 0.5) is 5.82 Å². The van der Waals surface area contributed by atoms with Crippen LogP contribution in [-0.4, -0.2) is 69.7 Å². The zero-order valence-corrected chi connectivity index (χ0v) is 15.5. The van der Waals surface area contributed by atoms with Crippen LogP contribution >= 0.6 is 11.6 Å². The molecule has 0 aliphatic carbocycles. The maximum absolute atomic E-state index is 8.97. The van der Waals surface area contributed by atoms with Crippen molar-refractivity contribution in [2.45, 2.75) is 32.4 Å². The highest BCUT2D eigenvalue weighted by molar-refractivity contribution is 6.28. The lowest BCUT2D eigenvalue weighted by Crippen LogP contribution is -2.28. The lowest BCUT2D eigenvalue weighted by molar-refractivity contribution is -0.0371. The third-order valence-electron chi connectivity index (χ3n) is 4.40. The molecule has 0 bridgehead atoms. The minimum Gasteiger partial charge on any atom is -0.395 e. The van der Waals surface area contributed by atoms with Crippen molar-refractivity contribution in [3.63, 3.8) is 0 Å². The first kappa shape index (κ1) is 18.3. The van der Waals surface area contributed by atoms with E-state index in [0.717, 1.165) is 43.5 Å². The number of nitrogens with zero attached hydrogens (tertiary/aromatic N) is 5. The van der Waals surface area contributed by atoms with E-state index in [1.54, 1.807) is 0 Å². The molecule has 0 saturated carbocycles. The van der Waals surface area contributed by atoms with Crippen molar-refractivity contribution in [3.05, 3.63) is 11.0 Å². The molecule has 1 saturated heterocycles. The normalized spacial score (nSPS) is 18.2. The second-order valence-corrected chi connectivity index (χ2v) is 6.68. The molecule has 1 unspecified atom stereocenters. The SMILES string of the molecule is Cc1nn(C2CCCCO2)c2nc(Cl)nc(NCCN(C)CCO)c12. The van der Waals surface area contributed by atoms with E-state index >= 15 is 0 Å². The fraction of sp³-hybridized carbons (Fsp3) is 0.688. The number of halogens is 1. The van der Waals surface area contributed by atoms with Crippen molar-refractivity contribution in [3.8, 4) is 0 Å². The van der Waals surface area contributed by atoms with Crippen molar-refractivity contribution in [1.29, 1.82) is 0 Å². The molecule has 0 aromatic carbocycles. The number of aliphatic hydroxyl groups excluding tert-OH is 1. The highest BCUT2D eigenvalue weighted by Crippen LogP contribution is 2.30. The molecular formula is C16H25ClN6O2. The number of aryl methyl sites for hydroxylation is 1. The highest BCUT2D eigenvalue weighted by Gasteiger charge is 2.23. The molecule has 2 aromatic rings. The molecule has 9 heteroatoms. The van der Waals surface area contributed by atoms with Crippen LogP contribution in [0.5, 0.6) is 0 Å². The number of nitrogens with one attached hydrogen (secondary N) is 1. The Morgan fingerprint density at radius 1 is 1.36 bits per heavy atom. The lowest BCUT2D eigenvalue weighted by Gasteiger charge is -2.23. The minimum atomic E-state index is -0.0977. The lowest BCUT2D eigenvalue weighted by atomic mass is 10.2. The average molecular weight is 369 g/mol. The molecule has 0 amide bonds. The van der Waals surface area contributed by atoms with Crippen LogP contribution in [-0.2, 0) is 4.74 Å². The number of aromatic nitrogens is 4. The van der Waals surface area contributed by atoms with Gasteiger partial charge in [0.1, 0.15) is 5.82 Å². The molecule has 3 rings (SSSR count). The second kappa shape index (κ2) is 8.27. The molecule has 8 nitrogen and oxygen atoms in total. The second-order valence-electron chi connectivity index (χ2n) is 6.34. The fourth-order valence-corrected chi connectivity index (χ4v) is 3.24. The maximum Gasteiger partial charge on any atom is 0.226 e. The van der Waals surface area contributed by atoms with E-state index in [1.165, 1.54) is 0 Å². The number of likely N-dealkylation sites (N-methyl/N-ethyl adjacent to an activating group) is 1. The first-order chi connectivity index (χ1) is 12.1. The minimum absolute atomic E-state index is 0.0977. The number of aliphatic hydroxyl groups is 1. The van der Waals surface area contributed by atoms with E-state index in [0.29, 0.717) is 24.6 Å². The first-order valence-corrected chi connectivity index (χ1v) is 9.05. The number of rotatable bonds is 7. The van der Waals surface area contributed by atoms with Crippen LogP contribution in [0, 0.1) is 6.92 Å². The molecular weight excluding hydrogens is 344 g/mol. The van der Waals surface area contributed by atoms with Crippen molar-refractivity contribution in [2.24, 2.45) is 0 Å². The molecule has 1 atom stereocenters. The summed E-state index contributed by atoms with van der Waals surface area (Å²) in [7, 11) is 1.96. The monoisotopic (exact) mass is 368 g/mol. The third-order valence-corrected chi connectivity index (χ3v) is 4.56. The molecule has 2 N–H and O–H groups in total. The van der Waals surface area contributed by atoms with Crippen LogP contribution in [0.1, 0.15) is 31.2 Å². The molecule has 0 radical (unpaired) electrons. The summed E-state index contributed by atoms with van der Waals surface area (Å²) in [6.45, 7) is 4.94. The van der Waals surface area contributed by atoms with Crippen molar-refractivity contribution >= 4 is 28.5 Å². The van der Waals surface area contributed by atoms with Gasteiger partial charge in [0.25, 0.3) is 0 Å². The fourth-order valence-electron chi connectivity index (χ4n) is 3.07. The number of fused-ring (bicyclic) bond motifs is 1. The zero-order valence-electron chi connectivity index (χ0n) is 14.7. The van der Waals surface area contributed by atoms with Gasteiger partial charge in [-0.15, -0.1) is 0 Å². The van der Waals surface area contributed by atoms with Gasteiger partial charge in [-0.25, -0.2) is 4.68 Å². The van der Waals surface area contributed by atoms with E-state index < -0.39 is 0 Å². The third kappa shape index (κ3) is 4.20. The quantitative estimate of drug-likeness (QED) is 0.720. The summed E-state index contributed by atoms with van der Waals surface area (Å²) in [5.41, 5.74) is 1.56. The predicted octanol–water partition coefficient (Wildman–Crippen LogP) is 1.82. The summed E-state index contributed by atoms with van der Waals surface area (Å²) in [6.07, 6.45) is 3.02. The van der Waals surface area contributed by atoms with Gasteiger partial charge in [-0.2, -0.15) is 15.1 Å².